The molecule has 0 atom stereocenters. The summed E-state index contributed by atoms with van der Waals surface area (Å²) >= 11 is 13.2. The Bertz CT molecular complexity index is 340. The minimum absolute atomic E-state index is 0.165. The maximum absolute atomic E-state index is 10.7. The fourth-order valence-corrected chi connectivity index (χ4v) is 2.50. The summed E-state index contributed by atoms with van der Waals surface area (Å²) < 4.78 is 0. The van der Waals surface area contributed by atoms with Crippen molar-refractivity contribution >= 4 is 40.9 Å². The van der Waals surface area contributed by atoms with Gasteiger partial charge in [-0.3, -0.25) is 10.0 Å². The fraction of sp³-hybridized carbons (Fsp3) is 0.222. The quantitative estimate of drug-likeness (QED) is 0.650. The Morgan fingerprint density at radius 3 is 2.53 bits per heavy atom. The molecule has 0 unspecified atom stereocenters. The number of nitrogens with one attached hydrogen (secondary N) is 1. The molecule has 0 saturated heterocycles. The zero-order valence-electron chi connectivity index (χ0n) is 7.67. The van der Waals surface area contributed by atoms with E-state index in [4.69, 9.17) is 28.4 Å². The molecule has 1 rings (SSSR count). The predicted octanol–water partition coefficient (Wildman–Crippen LogP) is 2.73. The molecule has 1 amide bonds. The maximum Gasteiger partial charge on any atom is 0.253 e. The molecule has 15 heavy (non-hydrogen) atoms. The van der Waals surface area contributed by atoms with Gasteiger partial charge >= 0.3 is 0 Å². The minimum atomic E-state index is -0.442. The van der Waals surface area contributed by atoms with Crippen LogP contribution in [0.25, 0.3) is 0 Å². The van der Waals surface area contributed by atoms with Crippen molar-refractivity contribution in [2.45, 2.75) is 5.75 Å². The monoisotopic (exact) mass is 265 g/mol. The van der Waals surface area contributed by atoms with Crippen molar-refractivity contribution in [3.63, 3.8) is 0 Å². The number of benzene rings is 1. The third-order valence-electron chi connectivity index (χ3n) is 1.67. The van der Waals surface area contributed by atoms with Crippen LogP contribution in [0.1, 0.15) is 5.56 Å². The number of carbonyl (C=O) groups is 1. The molecule has 0 fully saturated rings. The summed E-state index contributed by atoms with van der Waals surface area (Å²) in [5.74, 6) is 0.257. The highest BCUT2D eigenvalue weighted by molar-refractivity contribution is 7.99. The number of thioether (sulfide) groups is 1. The highest BCUT2D eigenvalue weighted by atomic mass is 35.5. The van der Waals surface area contributed by atoms with Gasteiger partial charge in [0.1, 0.15) is 0 Å². The molecule has 1 aromatic rings. The highest BCUT2D eigenvalue weighted by Crippen LogP contribution is 2.27. The van der Waals surface area contributed by atoms with Crippen molar-refractivity contribution in [2.75, 3.05) is 5.75 Å². The number of hydroxylamine groups is 1. The summed E-state index contributed by atoms with van der Waals surface area (Å²) in [6.45, 7) is 0. The summed E-state index contributed by atoms with van der Waals surface area (Å²) in [4.78, 5) is 10.7. The van der Waals surface area contributed by atoms with E-state index < -0.39 is 5.91 Å². The van der Waals surface area contributed by atoms with Gasteiger partial charge in [0.2, 0.25) is 0 Å². The van der Waals surface area contributed by atoms with Crippen LogP contribution in [0.5, 0.6) is 0 Å². The van der Waals surface area contributed by atoms with Gasteiger partial charge in [-0.15, -0.1) is 11.8 Å². The molecule has 82 valence electrons. The molecule has 1 aromatic carbocycles. The van der Waals surface area contributed by atoms with Crippen LogP contribution in [0.4, 0.5) is 0 Å². The molecule has 0 saturated carbocycles. The summed E-state index contributed by atoms with van der Waals surface area (Å²) in [6.07, 6.45) is 0. The minimum Gasteiger partial charge on any atom is -0.289 e. The van der Waals surface area contributed by atoms with Crippen molar-refractivity contribution in [1.82, 2.24) is 5.48 Å². The third-order valence-corrected chi connectivity index (χ3v) is 3.33. The molecular weight excluding hydrogens is 257 g/mol. The fourth-order valence-electron chi connectivity index (χ4n) is 0.948. The van der Waals surface area contributed by atoms with Gasteiger partial charge < -0.3 is 0 Å². The lowest BCUT2D eigenvalue weighted by atomic mass is 10.2. The highest BCUT2D eigenvalue weighted by Gasteiger charge is 2.06. The van der Waals surface area contributed by atoms with E-state index in [1.54, 1.807) is 23.7 Å². The van der Waals surface area contributed by atoms with Crippen molar-refractivity contribution in [2.24, 2.45) is 0 Å². The van der Waals surface area contributed by atoms with Crippen molar-refractivity contribution in [3.05, 3.63) is 33.8 Å². The first kappa shape index (κ1) is 12.6. The molecular formula is C9H9Cl2NO2S. The molecule has 0 spiro atoms. The van der Waals surface area contributed by atoms with E-state index in [2.05, 4.69) is 0 Å². The number of hydrogen-bond acceptors (Lipinski definition) is 3. The number of rotatable bonds is 4. The standard InChI is InChI=1S/C9H9Cl2NO2S/c10-7-2-1-3-8(11)6(7)4-15-5-9(13)12-14/h1-3,14H,4-5H2,(H,12,13). The number of hydrogen-bond donors (Lipinski definition) is 2. The number of halogens is 2. The molecule has 2 N–H and O–H groups in total. The number of amides is 1. The second-order valence-corrected chi connectivity index (χ2v) is 4.53. The Hall–Kier alpha value is -0.420. The molecule has 6 heteroatoms. The van der Waals surface area contributed by atoms with Gasteiger partial charge in [0, 0.05) is 15.8 Å². The molecule has 0 aliphatic rings. The molecule has 0 aliphatic heterocycles. The molecule has 0 radical (unpaired) electrons. The first-order valence-electron chi connectivity index (χ1n) is 4.08. The van der Waals surface area contributed by atoms with Crippen LogP contribution >= 0.6 is 35.0 Å². The summed E-state index contributed by atoms with van der Waals surface area (Å²) in [5, 5.41) is 9.44. The van der Waals surface area contributed by atoms with E-state index in [1.807, 2.05) is 0 Å². The van der Waals surface area contributed by atoms with Crippen LogP contribution in [0.3, 0.4) is 0 Å². The smallest absolute Gasteiger partial charge is 0.253 e. The van der Waals surface area contributed by atoms with Crippen molar-refractivity contribution < 1.29 is 10.0 Å². The lowest BCUT2D eigenvalue weighted by Crippen LogP contribution is -2.20. The summed E-state index contributed by atoms with van der Waals surface area (Å²) in [5.41, 5.74) is 2.36. The van der Waals surface area contributed by atoms with Crippen molar-refractivity contribution in [1.29, 1.82) is 0 Å². The normalized spacial score (nSPS) is 10.1. The third kappa shape index (κ3) is 3.91. The van der Waals surface area contributed by atoms with Gasteiger partial charge in [0.05, 0.1) is 5.75 Å². The second-order valence-electron chi connectivity index (χ2n) is 2.73. The summed E-state index contributed by atoms with van der Waals surface area (Å²) in [6, 6.07) is 5.25. The van der Waals surface area contributed by atoms with E-state index in [1.165, 1.54) is 11.8 Å². The summed E-state index contributed by atoms with van der Waals surface area (Å²) in [7, 11) is 0. The molecule has 3 nitrogen and oxygen atoms in total. The Morgan fingerprint density at radius 2 is 2.00 bits per heavy atom. The average molecular weight is 266 g/mol. The Morgan fingerprint density at radius 1 is 1.40 bits per heavy atom. The number of carbonyl (C=O) groups excluding carboxylic acids is 1. The maximum atomic E-state index is 10.7. The Labute approximate surface area is 102 Å². The van der Waals surface area contributed by atoms with Crippen LogP contribution in [0.15, 0.2) is 18.2 Å². The molecule has 0 aliphatic carbocycles. The SMILES string of the molecule is O=C(CSCc1c(Cl)cccc1Cl)NO. The van der Waals surface area contributed by atoms with Gasteiger partial charge in [-0.1, -0.05) is 29.3 Å². The first-order chi connectivity index (χ1) is 7.15. The Kier molecular flexibility index (Phi) is 5.25. The predicted molar refractivity (Wildman–Crippen MR) is 62.6 cm³/mol. The zero-order valence-corrected chi connectivity index (χ0v) is 9.99. The van der Waals surface area contributed by atoms with Crippen LogP contribution in [0, 0.1) is 0 Å². The molecule has 0 heterocycles. The lowest BCUT2D eigenvalue weighted by Gasteiger charge is -2.05. The zero-order chi connectivity index (χ0) is 11.3. The molecule has 0 bridgehead atoms. The van der Waals surface area contributed by atoms with Crippen LogP contribution in [-0.4, -0.2) is 16.9 Å². The Balaban J connectivity index is 2.54. The second kappa shape index (κ2) is 6.23. The first-order valence-corrected chi connectivity index (χ1v) is 5.99. The van der Waals surface area contributed by atoms with Gasteiger partial charge in [0.15, 0.2) is 0 Å². The van der Waals surface area contributed by atoms with Gasteiger partial charge in [-0.05, 0) is 17.7 Å². The largest absolute Gasteiger partial charge is 0.289 e. The van der Waals surface area contributed by atoms with Gasteiger partial charge in [-0.25, -0.2) is 5.48 Å². The van der Waals surface area contributed by atoms with Crippen molar-refractivity contribution in [3.8, 4) is 0 Å². The van der Waals surface area contributed by atoms with Gasteiger partial charge in [0.25, 0.3) is 5.91 Å². The lowest BCUT2D eigenvalue weighted by molar-refractivity contribution is -0.126. The van der Waals surface area contributed by atoms with E-state index in [9.17, 15) is 4.79 Å². The van der Waals surface area contributed by atoms with E-state index in [-0.39, 0.29) is 5.75 Å². The van der Waals surface area contributed by atoms with E-state index in [0.29, 0.717) is 15.8 Å². The van der Waals surface area contributed by atoms with E-state index >= 15 is 0 Å². The van der Waals surface area contributed by atoms with Crippen LogP contribution in [-0.2, 0) is 10.5 Å². The average Bonchev–Trinajstić information content (AvgIpc) is 2.22. The van der Waals surface area contributed by atoms with Crippen LogP contribution < -0.4 is 5.48 Å². The van der Waals surface area contributed by atoms with Gasteiger partial charge in [-0.2, -0.15) is 0 Å². The molecule has 0 aromatic heterocycles. The topological polar surface area (TPSA) is 49.3 Å². The van der Waals surface area contributed by atoms with E-state index in [0.717, 1.165) is 5.56 Å². The van der Waals surface area contributed by atoms with Crippen LogP contribution in [0.2, 0.25) is 10.0 Å².